The molecule has 0 bridgehead atoms. The van der Waals surface area contributed by atoms with Gasteiger partial charge in [-0.05, 0) is 45.1 Å². The van der Waals surface area contributed by atoms with Gasteiger partial charge in [-0.2, -0.15) is 5.10 Å². The van der Waals surface area contributed by atoms with E-state index in [1.807, 2.05) is 42.5 Å². The van der Waals surface area contributed by atoms with Gasteiger partial charge in [0.25, 0.3) is 5.91 Å². The summed E-state index contributed by atoms with van der Waals surface area (Å²) in [6.07, 6.45) is 1.44. The van der Waals surface area contributed by atoms with Crippen LogP contribution in [-0.4, -0.2) is 30.9 Å². The molecule has 0 heterocycles. The summed E-state index contributed by atoms with van der Waals surface area (Å²) in [7, 11) is 1.47. The van der Waals surface area contributed by atoms with E-state index in [9.17, 15) is 9.90 Å². The van der Waals surface area contributed by atoms with E-state index in [4.69, 9.17) is 4.74 Å². The summed E-state index contributed by atoms with van der Waals surface area (Å²) in [5.41, 5.74) is 3.96. The number of methoxy groups -OCH3 is 1. The van der Waals surface area contributed by atoms with Crippen LogP contribution in [0.5, 0.6) is 11.5 Å². The highest BCUT2D eigenvalue weighted by Crippen LogP contribution is 2.34. The first-order valence-electron chi connectivity index (χ1n) is 8.18. The summed E-state index contributed by atoms with van der Waals surface area (Å²) in [4.78, 5) is 12.0. The van der Waals surface area contributed by atoms with Gasteiger partial charge in [0.1, 0.15) is 0 Å². The summed E-state index contributed by atoms with van der Waals surface area (Å²) in [6, 6.07) is 17.1. The number of rotatable bonds is 6. The van der Waals surface area contributed by atoms with Gasteiger partial charge < -0.3 is 15.2 Å². The molecule has 3 aromatic rings. The van der Waals surface area contributed by atoms with Crippen molar-refractivity contribution in [1.82, 2.24) is 5.43 Å². The van der Waals surface area contributed by atoms with Crippen molar-refractivity contribution in [2.24, 2.45) is 5.10 Å². The van der Waals surface area contributed by atoms with Gasteiger partial charge in [-0.15, -0.1) is 0 Å². The van der Waals surface area contributed by atoms with Gasteiger partial charge in [-0.3, -0.25) is 4.79 Å². The highest BCUT2D eigenvalue weighted by molar-refractivity contribution is 9.10. The quantitative estimate of drug-likeness (QED) is 0.411. The normalized spacial score (nSPS) is 10.9. The second-order valence-electron chi connectivity index (χ2n) is 5.73. The van der Waals surface area contributed by atoms with Crippen molar-refractivity contribution in [3.05, 3.63) is 64.6 Å². The number of hydrazone groups is 1. The highest BCUT2D eigenvalue weighted by Gasteiger charge is 2.08. The molecule has 6 nitrogen and oxygen atoms in total. The third-order valence-electron chi connectivity index (χ3n) is 3.88. The molecular formula is C20H18BrN3O3. The maximum absolute atomic E-state index is 12.0. The molecule has 0 aromatic heterocycles. The van der Waals surface area contributed by atoms with Crippen LogP contribution in [-0.2, 0) is 4.79 Å². The molecule has 0 saturated heterocycles. The molecule has 0 saturated carbocycles. The minimum atomic E-state index is -0.281. The summed E-state index contributed by atoms with van der Waals surface area (Å²) in [5.74, 6) is 0.0451. The first-order valence-corrected chi connectivity index (χ1v) is 8.98. The molecule has 27 heavy (non-hydrogen) atoms. The number of carbonyl (C=O) groups excluding carboxylic acids is 1. The average molecular weight is 428 g/mol. The predicted molar refractivity (Wildman–Crippen MR) is 111 cm³/mol. The van der Waals surface area contributed by atoms with E-state index in [2.05, 4.69) is 31.8 Å². The van der Waals surface area contributed by atoms with E-state index in [1.165, 1.54) is 19.4 Å². The molecule has 0 aliphatic rings. The molecular weight excluding hydrogens is 410 g/mol. The molecule has 3 rings (SSSR count). The van der Waals surface area contributed by atoms with E-state index in [1.54, 1.807) is 6.07 Å². The van der Waals surface area contributed by atoms with Gasteiger partial charge in [0.2, 0.25) is 0 Å². The standard InChI is InChI=1S/C20H18BrN3O3/c1-27-20-16(21)9-13(10-18(20)25)11-23-24-19(26)12-22-17-8-4-6-14-5-2-3-7-15(14)17/h2-11,22,25H,12H2,1H3,(H,24,26)/b23-11+. The predicted octanol–water partition coefficient (Wildman–Crippen LogP) is 3.88. The largest absolute Gasteiger partial charge is 0.504 e. The maximum Gasteiger partial charge on any atom is 0.259 e. The molecule has 138 valence electrons. The second-order valence-corrected chi connectivity index (χ2v) is 6.58. The Labute approximate surface area is 165 Å². The summed E-state index contributed by atoms with van der Waals surface area (Å²) >= 11 is 3.31. The Morgan fingerprint density at radius 2 is 2.00 bits per heavy atom. The number of anilines is 1. The van der Waals surface area contributed by atoms with E-state index >= 15 is 0 Å². The molecule has 0 unspecified atom stereocenters. The van der Waals surface area contributed by atoms with Crippen LogP contribution in [0.4, 0.5) is 5.69 Å². The van der Waals surface area contributed by atoms with Gasteiger partial charge in [-0.1, -0.05) is 36.4 Å². The van der Waals surface area contributed by atoms with Crippen LogP contribution in [0.2, 0.25) is 0 Å². The summed E-state index contributed by atoms with van der Waals surface area (Å²) < 4.78 is 5.65. The molecule has 3 N–H and O–H groups in total. The zero-order valence-electron chi connectivity index (χ0n) is 14.6. The number of nitrogens with one attached hydrogen (secondary N) is 2. The molecule has 0 atom stereocenters. The molecule has 1 amide bonds. The van der Waals surface area contributed by atoms with Crippen LogP contribution >= 0.6 is 15.9 Å². The lowest BCUT2D eigenvalue weighted by atomic mass is 10.1. The van der Waals surface area contributed by atoms with E-state index < -0.39 is 0 Å². The lowest BCUT2D eigenvalue weighted by molar-refractivity contribution is -0.119. The van der Waals surface area contributed by atoms with Crippen LogP contribution in [0.25, 0.3) is 10.8 Å². The number of amides is 1. The Balaban J connectivity index is 1.59. The third-order valence-corrected chi connectivity index (χ3v) is 4.47. The molecule has 3 aromatic carbocycles. The van der Waals surface area contributed by atoms with Crippen molar-refractivity contribution in [1.29, 1.82) is 0 Å². The fraction of sp³-hybridized carbons (Fsp3) is 0.100. The molecule has 0 aliphatic carbocycles. The number of hydrogen-bond acceptors (Lipinski definition) is 5. The fourth-order valence-corrected chi connectivity index (χ4v) is 3.28. The molecule has 0 radical (unpaired) electrons. The van der Waals surface area contributed by atoms with Gasteiger partial charge in [0, 0.05) is 11.1 Å². The van der Waals surface area contributed by atoms with Crippen molar-refractivity contribution in [2.45, 2.75) is 0 Å². The monoisotopic (exact) mass is 427 g/mol. The third kappa shape index (κ3) is 4.57. The van der Waals surface area contributed by atoms with Crippen molar-refractivity contribution < 1.29 is 14.6 Å². The summed E-state index contributed by atoms with van der Waals surface area (Å²) in [5, 5.41) is 19.1. The fourth-order valence-electron chi connectivity index (χ4n) is 2.65. The van der Waals surface area contributed by atoms with Crippen LogP contribution in [0.1, 0.15) is 5.56 Å². The van der Waals surface area contributed by atoms with Crippen LogP contribution in [0.3, 0.4) is 0 Å². The SMILES string of the molecule is COc1c(O)cc(/C=N/NC(=O)CNc2cccc3ccccc23)cc1Br. The van der Waals surface area contributed by atoms with Crippen molar-refractivity contribution in [3.63, 3.8) is 0 Å². The van der Waals surface area contributed by atoms with Gasteiger partial charge in [0.15, 0.2) is 11.5 Å². The first kappa shape index (κ1) is 18.7. The van der Waals surface area contributed by atoms with Crippen LogP contribution in [0.15, 0.2) is 64.2 Å². The number of benzene rings is 3. The minimum Gasteiger partial charge on any atom is -0.504 e. The Hall–Kier alpha value is -3.06. The number of aromatic hydroxyl groups is 1. The van der Waals surface area contributed by atoms with E-state index in [-0.39, 0.29) is 18.2 Å². The zero-order chi connectivity index (χ0) is 19.2. The van der Waals surface area contributed by atoms with E-state index in [0.29, 0.717) is 15.8 Å². The average Bonchev–Trinajstić information content (AvgIpc) is 2.66. The van der Waals surface area contributed by atoms with Crippen molar-refractivity contribution in [2.75, 3.05) is 19.0 Å². The number of fused-ring (bicyclic) bond motifs is 1. The lowest BCUT2D eigenvalue weighted by Gasteiger charge is -2.09. The highest BCUT2D eigenvalue weighted by atomic mass is 79.9. The Morgan fingerprint density at radius 1 is 1.22 bits per heavy atom. The Morgan fingerprint density at radius 3 is 2.78 bits per heavy atom. The number of nitrogens with zero attached hydrogens (tertiary/aromatic N) is 1. The summed E-state index contributed by atoms with van der Waals surface area (Å²) in [6.45, 7) is 0.0862. The number of phenolic OH excluding ortho intramolecular Hbond substituents is 1. The Kier molecular flexibility index (Phi) is 5.93. The number of hydrogen-bond donors (Lipinski definition) is 3. The van der Waals surface area contributed by atoms with Crippen LogP contribution in [0, 0.1) is 0 Å². The van der Waals surface area contributed by atoms with Crippen molar-refractivity contribution in [3.8, 4) is 11.5 Å². The molecule has 7 heteroatoms. The first-order chi connectivity index (χ1) is 13.1. The smallest absolute Gasteiger partial charge is 0.259 e. The van der Waals surface area contributed by atoms with Gasteiger partial charge in [0.05, 0.1) is 24.3 Å². The topological polar surface area (TPSA) is 83.0 Å². The number of halogens is 1. The zero-order valence-corrected chi connectivity index (χ0v) is 16.2. The second kappa shape index (κ2) is 8.55. The van der Waals surface area contributed by atoms with Gasteiger partial charge in [-0.25, -0.2) is 5.43 Å². The Bertz CT molecular complexity index is 976. The molecule has 0 fully saturated rings. The van der Waals surface area contributed by atoms with Gasteiger partial charge >= 0.3 is 0 Å². The lowest BCUT2D eigenvalue weighted by Crippen LogP contribution is -2.25. The molecule has 0 spiro atoms. The van der Waals surface area contributed by atoms with Crippen molar-refractivity contribution >= 4 is 44.5 Å². The number of phenols is 1. The minimum absolute atomic E-state index is 0.0164. The molecule has 0 aliphatic heterocycles. The number of carbonyl (C=O) groups is 1. The number of ether oxygens (including phenoxy) is 1. The van der Waals surface area contributed by atoms with Crippen LogP contribution < -0.4 is 15.5 Å². The maximum atomic E-state index is 12.0. The van der Waals surface area contributed by atoms with E-state index in [0.717, 1.165) is 16.5 Å².